The number of rotatable bonds is 3. The molecule has 16 heavy (non-hydrogen) atoms. The molecule has 1 fully saturated rings. The van der Waals surface area contributed by atoms with Crippen molar-refractivity contribution in [1.29, 1.82) is 0 Å². The van der Waals surface area contributed by atoms with E-state index in [0.717, 1.165) is 12.2 Å². The molecule has 0 aliphatic heterocycles. The lowest BCUT2D eigenvalue weighted by atomic mass is 9.89. The van der Waals surface area contributed by atoms with Gasteiger partial charge in [0.05, 0.1) is 16.4 Å². The standard InChI is InChI=1S/C13H19ClN2/c1-13(7-2-3-8-13)9-16-11-6-4-5-10(14)12(11)15/h4-6,16H,2-3,7-9,15H2,1H3. The van der Waals surface area contributed by atoms with Crippen LogP contribution in [0.25, 0.3) is 0 Å². The summed E-state index contributed by atoms with van der Waals surface area (Å²) in [5.41, 5.74) is 7.96. The summed E-state index contributed by atoms with van der Waals surface area (Å²) < 4.78 is 0. The summed E-state index contributed by atoms with van der Waals surface area (Å²) in [6.45, 7) is 3.32. The lowest BCUT2D eigenvalue weighted by Gasteiger charge is -2.25. The predicted molar refractivity (Wildman–Crippen MR) is 70.9 cm³/mol. The molecule has 0 unspecified atom stereocenters. The zero-order valence-corrected chi connectivity index (χ0v) is 10.5. The molecule has 0 spiro atoms. The monoisotopic (exact) mass is 238 g/mol. The van der Waals surface area contributed by atoms with E-state index in [1.54, 1.807) is 0 Å². The topological polar surface area (TPSA) is 38.0 Å². The van der Waals surface area contributed by atoms with Gasteiger partial charge in [-0.25, -0.2) is 0 Å². The summed E-state index contributed by atoms with van der Waals surface area (Å²) in [5, 5.41) is 4.05. The molecule has 88 valence electrons. The fourth-order valence-corrected chi connectivity index (χ4v) is 2.58. The summed E-state index contributed by atoms with van der Waals surface area (Å²) in [7, 11) is 0. The first-order valence-corrected chi connectivity index (χ1v) is 6.26. The zero-order valence-electron chi connectivity index (χ0n) is 9.72. The summed E-state index contributed by atoms with van der Waals surface area (Å²) in [5.74, 6) is 0. The third-order valence-corrected chi connectivity index (χ3v) is 3.90. The molecule has 1 aliphatic rings. The SMILES string of the molecule is CC1(CNc2cccc(Cl)c2N)CCCC1. The van der Waals surface area contributed by atoms with E-state index >= 15 is 0 Å². The molecule has 1 aromatic rings. The van der Waals surface area contributed by atoms with Crippen molar-refractivity contribution in [3.63, 3.8) is 0 Å². The van der Waals surface area contributed by atoms with Gasteiger partial charge in [0, 0.05) is 6.54 Å². The van der Waals surface area contributed by atoms with Crippen molar-refractivity contribution in [2.45, 2.75) is 32.6 Å². The van der Waals surface area contributed by atoms with Gasteiger partial charge in [0.15, 0.2) is 0 Å². The fraction of sp³-hybridized carbons (Fsp3) is 0.538. The van der Waals surface area contributed by atoms with Crippen molar-refractivity contribution in [3.05, 3.63) is 23.2 Å². The van der Waals surface area contributed by atoms with E-state index in [4.69, 9.17) is 17.3 Å². The Hall–Kier alpha value is -0.890. The van der Waals surface area contributed by atoms with E-state index in [1.807, 2.05) is 18.2 Å². The molecule has 0 heterocycles. The molecular formula is C13H19ClN2. The van der Waals surface area contributed by atoms with Crippen LogP contribution in [0.15, 0.2) is 18.2 Å². The van der Waals surface area contributed by atoms with Crippen molar-refractivity contribution in [3.8, 4) is 0 Å². The maximum absolute atomic E-state index is 5.98. The van der Waals surface area contributed by atoms with Crippen LogP contribution in [-0.4, -0.2) is 6.54 Å². The number of halogens is 1. The van der Waals surface area contributed by atoms with E-state index in [0.29, 0.717) is 16.1 Å². The molecule has 1 saturated carbocycles. The van der Waals surface area contributed by atoms with Gasteiger partial charge in [0.2, 0.25) is 0 Å². The van der Waals surface area contributed by atoms with Gasteiger partial charge in [-0.05, 0) is 30.4 Å². The zero-order chi connectivity index (χ0) is 11.6. The van der Waals surface area contributed by atoms with Gasteiger partial charge in [-0.3, -0.25) is 0 Å². The van der Waals surface area contributed by atoms with Gasteiger partial charge in [-0.15, -0.1) is 0 Å². The van der Waals surface area contributed by atoms with Crippen molar-refractivity contribution in [1.82, 2.24) is 0 Å². The lowest BCUT2D eigenvalue weighted by Crippen LogP contribution is -2.23. The number of hydrogen-bond donors (Lipinski definition) is 2. The molecule has 1 aromatic carbocycles. The largest absolute Gasteiger partial charge is 0.396 e. The minimum absolute atomic E-state index is 0.425. The highest BCUT2D eigenvalue weighted by atomic mass is 35.5. The van der Waals surface area contributed by atoms with E-state index in [1.165, 1.54) is 25.7 Å². The summed E-state index contributed by atoms with van der Waals surface area (Å²) in [6, 6.07) is 5.73. The van der Waals surface area contributed by atoms with Crippen LogP contribution in [0.5, 0.6) is 0 Å². The first kappa shape index (κ1) is 11.6. The quantitative estimate of drug-likeness (QED) is 0.784. The highest BCUT2D eigenvalue weighted by molar-refractivity contribution is 6.33. The van der Waals surface area contributed by atoms with Gasteiger partial charge in [0.25, 0.3) is 0 Å². The van der Waals surface area contributed by atoms with Crippen molar-refractivity contribution >= 4 is 23.0 Å². The van der Waals surface area contributed by atoms with E-state index in [2.05, 4.69) is 12.2 Å². The normalized spacial score (nSPS) is 18.6. The number of nitrogens with one attached hydrogen (secondary N) is 1. The van der Waals surface area contributed by atoms with Gasteiger partial charge >= 0.3 is 0 Å². The van der Waals surface area contributed by atoms with Crippen LogP contribution < -0.4 is 11.1 Å². The average molecular weight is 239 g/mol. The Bertz CT molecular complexity index is 370. The van der Waals surface area contributed by atoms with Crippen LogP contribution in [0.2, 0.25) is 5.02 Å². The van der Waals surface area contributed by atoms with Crippen LogP contribution in [0.1, 0.15) is 32.6 Å². The first-order chi connectivity index (χ1) is 7.61. The Morgan fingerprint density at radius 2 is 2.06 bits per heavy atom. The number of benzene rings is 1. The molecule has 0 amide bonds. The molecule has 0 atom stereocenters. The Balaban J connectivity index is 2.02. The highest BCUT2D eigenvalue weighted by Crippen LogP contribution is 2.38. The molecule has 1 aliphatic carbocycles. The maximum atomic E-state index is 5.98. The Morgan fingerprint density at radius 3 is 2.75 bits per heavy atom. The molecule has 0 radical (unpaired) electrons. The molecule has 0 saturated heterocycles. The van der Waals surface area contributed by atoms with Gasteiger partial charge in [-0.1, -0.05) is 37.4 Å². The van der Waals surface area contributed by atoms with Crippen LogP contribution in [0.3, 0.4) is 0 Å². The number of para-hydroxylation sites is 1. The molecular weight excluding hydrogens is 220 g/mol. The van der Waals surface area contributed by atoms with Gasteiger partial charge < -0.3 is 11.1 Å². The summed E-state index contributed by atoms with van der Waals surface area (Å²) in [6.07, 6.45) is 5.31. The second-order valence-electron chi connectivity index (χ2n) is 5.07. The summed E-state index contributed by atoms with van der Waals surface area (Å²) >= 11 is 5.98. The third kappa shape index (κ3) is 2.43. The molecule has 2 nitrogen and oxygen atoms in total. The van der Waals surface area contributed by atoms with E-state index in [-0.39, 0.29) is 0 Å². The highest BCUT2D eigenvalue weighted by Gasteiger charge is 2.28. The Morgan fingerprint density at radius 1 is 1.38 bits per heavy atom. The Labute approximate surface area is 102 Å². The molecule has 3 N–H and O–H groups in total. The smallest absolute Gasteiger partial charge is 0.0739 e. The minimum Gasteiger partial charge on any atom is -0.396 e. The lowest BCUT2D eigenvalue weighted by molar-refractivity contribution is 0.362. The predicted octanol–water partition coefficient (Wildman–Crippen LogP) is 3.91. The van der Waals surface area contributed by atoms with Crippen LogP contribution >= 0.6 is 11.6 Å². The number of hydrogen-bond acceptors (Lipinski definition) is 2. The van der Waals surface area contributed by atoms with Gasteiger partial charge in [0.1, 0.15) is 0 Å². The number of nitrogen functional groups attached to an aromatic ring is 1. The van der Waals surface area contributed by atoms with Crippen molar-refractivity contribution in [2.75, 3.05) is 17.6 Å². The first-order valence-electron chi connectivity index (χ1n) is 5.89. The molecule has 0 bridgehead atoms. The molecule has 0 aromatic heterocycles. The molecule has 3 heteroatoms. The van der Waals surface area contributed by atoms with E-state index < -0.39 is 0 Å². The third-order valence-electron chi connectivity index (χ3n) is 3.57. The second kappa shape index (κ2) is 4.54. The fourth-order valence-electron chi connectivity index (χ4n) is 2.41. The molecule has 2 rings (SSSR count). The van der Waals surface area contributed by atoms with Crippen molar-refractivity contribution in [2.24, 2.45) is 5.41 Å². The second-order valence-corrected chi connectivity index (χ2v) is 5.48. The van der Waals surface area contributed by atoms with Crippen molar-refractivity contribution < 1.29 is 0 Å². The van der Waals surface area contributed by atoms with Crippen LogP contribution in [0.4, 0.5) is 11.4 Å². The maximum Gasteiger partial charge on any atom is 0.0739 e. The van der Waals surface area contributed by atoms with Crippen LogP contribution in [0, 0.1) is 5.41 Å². The number of anilines is 2. The van der Waals surface area contributed by atoms with Gasteiger partial charge in [-0.2, -0.15) is 0 Å². The minimum atomic E-state index is 0.425. The average Bonchev–Trinajstić information content (AvgIpc) is 2.68. The number of nitrogens with two attached hydrogens (primary N) is 1. The Kier molecular flexibility index (Phi) is 3.29. The van der Waals surface area contributed by atoms with Crippen LogP contribution in [-0.2, 0) is 0 Å². The van der Waals surface area contributed by atoms with E-state index in [9.17, 15) is 0 Å². The summed E-state index contributed by atoms with van der Waals surface area (Å²) in [4.78, 5) is 0.